The molecule has 1 aromatic rings. The monoisotopic (exact) mass is 274 g/mol. The molecule has 0 radical (unpaired) electrons. The lowest BCUT2D eigenvalue weighted by molar-refractivity contribution is -0.112. The summed E-state index contributed by atoms with van der Waals surface area (Å²) in [6, 6.07) is 7.24. The lowest BCUT2D eigenvalue weighted by Gasteiger charge is -2.16. The van der Waals surface area contributed by atoms with Crippen LogP contribution in [0.4, 0.5) is 10.5 Å². The van der Waals surface area contributed by atoms with Gasteiger partial charge in [-0.25, -0.2) is 9.69 Å². The second-order valence-electron chi connectivity index (χ2n) is 4.71. The Bertz CT molecular complexity index is 591. The number of hydrogen-bond acceptors (Lipinski definition) is 4. The summed E-state index contributed by atoms with van der Waals surface area (Å²) in [4.78, 5) is 27.5. The van der Waals surface area contributed by atoms with Gasteiger partial charge in [0, 0.05) is 25.4 Å². The highest BCUT2D eigenvalue weighted by Crippen LogP contribution is 2.38. The number of carbonyl (C=O) groups excluding carboxylic acids is 2. The summed E-state index contributed by atoms with van der Waals surface area (Å²) in [5.41, 5.74) is 2.69. The maximum atomic E-state index is 12.6. The number of rotatable bonds is 2. The SMILES string of the molecule is CCOC(=O)N1C(=O)/C(=C(\C)N(C)C)c2ccccc21. The van der Waals surface area contributed by atoms with Gasteiger partial charge in [0.2, 0.25) is 0 Å². The number of para-hydroxylation sites is 1. The van der Waals surface area contributed by atoms with Crippen molar-refractivity contribution in [2.24, 2.45) is 0 Å². The predicted octanol–water partition coefficient (Wildman–Crippen LogP) is 2.48. The van der Waals surface area contributed by atoms with Crippen molar-refractivity contribution in [1.29, 1.82) is 0 Å². The molecule has 1 heterocycles. The molecule has 0 spiro atoms. The molecular formula is C15H18N2O3. The second kappa shape index (κ2) is 5.36. The van der Waals surface area contributed by atoms with E-state index in [1.807, 2.05) is 38.1 Å². The maximum absolute atomic E-state index is 12.6. The Labute approximate surface area is 118 Å². The molecule has 5 nitrogen and oxygen atoms in total. The van der Waals surface area contributed by atoms with Gasteiger partial charge in [0.05, 0.1) is 17.9 Å². The Morgan fingerprint density at radius 1 is 1.30 bits per heavy atom. The molecule has 0 unspecified atom stereocenters. The topological polar surface area (TPSA) is 49.9 Å². The average Bonchev–Trinajstić information content (AvgIpc) is 2.70. The van der Waals surface area contributed by atoms with Crippen LogP contribution in [0.1, 0.15) is 19.4 Å². The Balaban J connectivity index is 2.59. The number of hydrogen-bond donors (Lipinski definition) is 0. The van der Waals surface area contributed by atoms with E-state index in [1.165, 1.54) is 0 Å². The number of carbonyl (C=O) groups is 2. The molecule has 2 amide bonds. The van der Waals surface area contributed by atoms with Gasteiger partial charge in [-0.15, -0.1) is 0 Å². The second-order valence-corrected chi connectivity index (χ2v) is 4.71. The highest BCUT2D eigenvalue weighted by atomic mass is 16.6. The highest BCUT2D eigenvalue weighted by Gasteiger charge is 2.38. The first-order chi connectivity index (χ1) is 9.49. The quantitative estimate of drug-likeness (QED) is 0.777. The summed E-state index contributed by atoms with van der Waals surface area (Å²) in [5.74, 6) is -0.337. The van der Waals surface area contributed by atoms with Gasteiger partial charge in [-0.2, -0.15) is 0 Å². The van der Waals surface area contributed by atoms with E-state index in [-0.39, 0.29) is 12.5 Å². The van der Waals surface area contributed by atoms with Crippen LogP contribution in [0.15, 0.2) is 30.0 Å². The third kappa shape index (κ3) is 2.15. The van der Waals surface area contributed by atoms with E-state index < -0.39 is 6.09 Å². The number of nitrogens with zero attached hydrogens (tertiary/aromatic N) is 2. The fourth-order valence-corrected chi connectivity index (χ4v) is 2.16. The van der Waals surface area contributed by atoms with Crippen molar-refractivity contribution >= 4 is 23.3 Å². The molecular weight excluding hydrogens is 256 g/mol. The molecule has 0 N–H and O–H groups in total. The van der Waals surface area contributed by atoms with E-state index in [1.54, 1.807) is 19.1 Å². The van der Waals surface area contributed by atoms with Crippen molar-refractivity contribution in [2.75, 3.05) is 25.6 Å². The van der Waals surface area contributed by atoms with Gasteiger partial charge in [-0.3, -0.25) is 4.79 Å². The summed E-state index contributed by atoms with van der Waals surface area (Å²) in [6.07, 6.45) is -0.633. The molecule has 0 aliphatic carbocycles. The lowest BCUT2D eigenvalue weighted by Crippen LogP contribution is -2.34. The summed E-state index contributed by atoms with van der Waals surface area (Å²) >= 11 is 0. The lowest BCUT2D eigenvalue weighted by atomic mass is 10.1. The standard InChI is InChI=1S/C15H18N2O3/c1-5-20-15(19)17-12-9-7-6-8-11(12)13(14(17)18)10(2)16(3)4/h6-9H,5H2,1-4H3/b13-10+. The fourth-order valence-electron chi connectivity index (χ4n) is 2.16. The Kier molecular flexibility index (Phi) is 3.79. The molecule has 1 aliphatic rings. The van der Waals surface area contributed by atoms with Crippen LogP contribution >= 0.6 is 0 Å². The van der Waals surface area contributed by atoms with Gasteiger partial charge >= 0.3 is 6.09 Å². The summed E-state index contributed by atoms with van der Waals surface area (Å²) in [7, 11) is 3.73. The van der Waals surface area contributed by atoms with E-state index >= 15 is 0 Å². The predicted molar refractivity (Wildman–Crippen MR) is 77.2 cm³/mol. The Morgan fingerprint density at radius 3 is 2.55 bits per heavy atom. The first-order valence-corrected chi connectivity index (χ1v) is 6.47. The molecule has 2 rings (SSSR count). The number of ether oxygens (including phenoxy) is 1. The van der Waals surface area contributed by atoms with Gasteiger partial charge < -0.3 is 9.64 Å². The average molecular weight is 274 g/mol. The molecule has 1 aromatic carbocycles. The Morgan fingerprint density at radius 2 is 1.95 bits per heavy atom. The molecule has 0 bridgehead atoms. The Hall–Kier alpha value is -2.30. The summed E-state index contributed by atoms with van der Waals surface area (Å²) < 4.78 is 4.97. The number of fused-ring (bicyclic) bond motifs is 1. The van der Waals surface area contributed by atoms with E-state index in [2.05, 4.69) is 0 Å². The molecule has 0 aromatic heterocycles. The molecule has 0 saturated carbocycles. The van der Waals surface area contributed by atoms with Gasteiger partial charge in [0.1, 0.15) is 0 Å². The van der Waals surface area contributed by atoms with Crippen LogP contribution in [0.3, 0.4) is 0 Å². The van der Waals surface area contributed by atoms with Crippen LogP contribution < -0.4 is 4.90 Å². The van der Waals surface area contributed by atoms with E-state index in [4.69, 9.17) is 4.74 Å². The molecule has 0 atom stereocenters. The first kappa shape index (κ1) is 14.1. The maximum Gasteiger partial charge on any atom is 0.421 e. The normalized spacial score (nSPS) is 16.0. The molecule has 0 saturated heterocycles. The zero-order chi connectivity index (χ0) is 14.9. The third-order valence-electron chi connectivity index (χ3n) is 3.31. The van der Waals surface area contributed by atoms with Gasteiger partial charge in [-0.1, -0.05) is 18.2 Å². The molecule has 106 valence electrons. The van der Waals surface area contributed by atoms with Crippen molar-refractivity contribution in [3.8, 4) is 0 Å². The van der Waals surface area contributed by atoms with Crippen LogP contribution in [-0.2, 0) is 9.53 Å². The van der Waals surface area contributed by atoms with Gasteiger partial charge in [0.15, 0.2) is 0 Å². The van der Waals surface area contributed by atoms with Gasteiger partial charge in [-0.05, 0) is 19.9 Å². The van der Waals surface area contributed by atoms with Crippen molar-refractivity contribution in [2.45, 2.75) is 13.8 Å². The van der Waals surface area contributed by atoms with E-state index in [0.29, 0.717) is 11.3 Å². The zero-order valence-corrected chi connectivity index (χ0v) is 12.1. The van der Waals surface area contributed by atoms with Crippen LogP contribution in [0, 0.1) is 0 Å². The minimum absolute atomic E-state index is 0.233. The summed E-state index contributed by atoms with van der Waals surface area (Å²) in [5, 5.41) is 0. The number of amides is 2. The minimum atomic E-state index is -0.633. The zero-order valence-electron chi connectivity index (χ0n) is 12.1. The highest BCUT2D eigenvalue weighted by molar-refractivity contribution is 6.39. The minimum Gasteiger partial charge on any atom is -0.449 e. The summed E-state index contributed by atoms with van der Waals surface area (Å²) in [6.45, 7) is 3.81. The van der Waals surface area contributed by atoms with Crippen LogP contribution in [-0.4, -0.2) is 37.6 Å². The largest absolute Gasteiger partial charge is 0.449 e. The van der Waals surface area contributed by atoms with Crippen LogP contribution in [0.2, 0.25) is 0 Å². The number of allylic oxidation sites excluding steroid dienone is 1. The number of benzene rings is 1. The molecule has 20 heavy (non-hydrogen) atoms. The van der Waals surface area contributed by atoms with Crippen LogP contribution in [0.5, 0.6) is 0 Å². The van der Waals surface area contributed by atoms with Crippen molar-refractivity contribution in [3.63, 3.8) is 0 Å². The van der Waals surface area contributed by atoms with Crippen molar-refractivity contribution in [3.05, 3.63) is 35.5 Å². The first-order valence-electron chi connectivity index (χ1n) is 6.47. The molecule has 1 aliphatic heterocycles. The van der Waals surface area contributed by atoms with Crippen molar-refractivity contribution < 1.29 is 14.3 Å². The van der Waals surface area contributed by atoms with Gasteiger partial charge in [0.25, 0.3) is 5.91 Å². The van der Waals surface area contributed by atoms with E-state index in [9.17, 15) is 9.59 Å². The van der Waals surface area contributed by atoms with E-state index in [0.717, 1.165) is 16.2 Å². The van der Waals surface area contributed by atoms with Crippen molar-refractivity contribution in [1.82, 2.24) is 4.90 Å². The number of imide groups is 1. The fraction of sp³-hybridized carbons (Fsp3) is 0.333. The molecule has 5 heteroatoms. The third-order valence-corrected chi connectivity index (χ3v) is 3.31. The number of anilines is 1. The van der Waals surface area contributed by atoms with Crippen LogP contribution in [0.25, 0.3) is 5.57 Å². The smallest absolute Gasteiger partial charge is 0.421 e. The molecule has 0 fully saturated rings.